The van der Waals surface area contributed by atoms with Crippen LogP contribution in [0.1, 0.15) is 5.56 Å². The van der Waals surface area contributed by atoms with E-state index in [1.54, 1.807) is 31.5 Å². The zero-order chi connectivity index (χ0) is 22.7. The van der Waals surface area contributed by atoms with E-state index in [0.29, 0.717) is 18.1 Å². The van der Waals surface area contributed by atoms with Gasteiger partial charge in [0.1, 0.15) is 12.2 Å². The van der Waals surface area contributed by atoms with Gasteiger partial charge >= 0.3 is 0 Å². The Labute approximate surface area is 187 Å². The molecule has 0 aliphatic carbocycles. The summed E-state index contributed by atoms with van der Waals surface area (Å²) in [6.45, 7) is 0.368. The molecule has 0 radical (unpaired) electrons. The molecule has 1 aromatic carbocycles. The van der Waals surface area contributed by atoms with Crippen LogP contribution >= 0.6 is 11.3 Å². The Kier molecular flexibility index (Phi) is 5.99. The normalized spacial score (nSPS) is 10.8. The van der Waals surface area contributed by atoms with Gasteiger partial charge in [0, 0.05) is 32.4 Å². The lowest BCUT2D eigenvalue weighted by Crippen LogP contribution is -2.32. The van der Waals surface area contributed by atoms with Crippen LogP contribution in [0.4, 0.5) is 11.4 Å². The predicted molar refractivity (Wildman–Crippen MR) is 124 cm³/mol. The van der Waals surface area contributed by atoms with E-state index in [2.05, 4.69) is 25.9 Å². The molecule has 3 aromatic heterocycles. The Balaban J connectivity index is 1.49. The number of tetrazole rings is 1. The molecule has 0 fully saturated rings. The summed E-state index contributed by atoms with van der Waals surface area (Å²) in [5, 5.41) is 19.2. The fourth-order valence-corrected chi connectivity index (χ4v) is 4.00. The molecule has 1 amide bonds. The molecule has 10 nitrogen and oxygen atoms in total. The van der Waals surface area contributed by atoms with Crippen LogP contribution in [0.25, 0.3) is 21.8 Å². The van der Waals surface area contributed by atoms with Gasteiger partial charge in [-0.3, -0.25) is 9.59 Å². The highest BCUT2D eigenvalue weighted by Crippen LogP contribution is 2.34. The fourth-order valence-electron chi connectivity index (χ4n) is 3.15. The largest absolute Gasteiger partial charge is 0.397 e. The number of aromatic nitrogens is 5. The molecule has 0 aliphatic rings. The summed E-state index contributed by atoms with van der Waals surface area (Å²) >= 11 is 1.56. The van der Waals surface area contributed by atoms with Gasteiger partial charge in [-0.2, -0.15) is 0 Å². The summed E-state index contributed by atoms with van der Waals surface area (Å²) < 4.78 is 1.35. The maximum Gasteiger partial charge on any atom is 0.276 e. The molecule has 3 heterocycles. The lowest BCUT2D eigenvalue weighted by atomic mass is 10.0. The Morgan fingerprint density at radius 2 is 2.00 bits per heavy atom. The first kappa shape index (κ1) is 21.2. The van der Waals surface area contributed by atoms with Gasteiger partial charge in [0.2, 0.25) is 5.91 Å². The molecular weight excluding hydrogens is 428 g/mol. The summed E-state index contributed by atoms with van der Waals surface area (Å²) in [6, 6.07) is 11.6. The first-order chi connectivity index (χ1) is 15.4. The molecule has 0 spiro atoms. The molecular formula is C21H22N8O2S. The van der Waals surface area contributed by atoms with Gasteiger partial charge in [-0.05, 0) is 39.1 Å². The van der Waals surface area contributed by atoms with Gasteiger partial charge in [-0.25, -0.2) is 5.10 Å². The number of pyridine rings is 1. The van der Waals surface area contributed by atoms with Gasteiger partial charge in [0.15, 0.2) is 5.82 Å². The molecule has 4 N–H and O–H groups in total. The monoisotopic (exact) mass is 450 g/mol. The smallest absolute Gasteiger partial charge is 0.276 e. The van der Waals surface area contributed by atoms with Crippen LogP contribution in [0, 0.1) is 0 Å². The summed E-state index contributed by atoms with van der Waals surface area (Å²) in [5.74, 6) is 0.455. The van der Waals surface area contributed by atoms with Crippen LogP contribution in [0.5, 0.6) is 0 Å². The molecule has 0 aliphatic heterocycles. The highest BCUT2D eigenvalue weighted by atomic mass is 32.1. The quantitative estimate of drug-likeness (QED) is 0.392. The minimum Gasteiger partial charge on any atom is -0.397 e. The van der Waals surface area contributed by atoms with E-state index in [9.17, 15) is 9.59 Å². The van der Waals surface area contributed by atoms with Crippen molar-refractivity contribution in [1.29, 1.82) is 0 Å². The Hall–Kier alpha value is -3.99. The maximum absolute atomic E-state index is 12.8. The molecule has 4 aromatic rings. The first-order valence-corrected chi connectivity index (χ1v) is 10.7. The van der Waals surface area contributed by atoms with Crippen molar-refractivity contribution in [2.24, 2.45) is 0 Å². The molecule has 0 saturated carbocycles. The Bertz CT molecular complexity index is 1280. The van der Waals surface area contributed by atoms with E-state index in [1.165, 1.54) is 15.7 Å². The third-order valence-corrected chi connectivity index (χ3v) is 5.88. The topological polar surface area (TPSA) is 135 Å². The lowest BCUT2D eigenvalue weighted by molar-refractivity contribution is -0.129. The number of carbonyl (C=O) groups excluding carboxylic acids is 1. The van der Waals surface area contributed by atoms with Crippen molar-refractivity contribution in [3.8, 4) is 21.8 Å². The fraction of sp³-hybridized carbons (Fsp3) is 0.190. The average Bonchev–Trinajstić information content (AvgIpc) is 3.47. The molecule has 0 unspecified atom stereocenters. The van der Waals surface area contributed by atoms with Crippen molar-refractivity contribution < 1.29 is 4.79 Å². The van der Waals surface area contributed by atoms with Crippen molar-refractivity contribution in [2.45, 2.75) is 13.1 Å². The van der Waals surface area contributed by atoms with Gasteiger partial charge < -0.3 is 20.5 Å². The van der Waals surface area contributed by atoms with E-state index in [1.807, 2.05) is 35.7 Å². The van der Waals surface area contributed by atoms with E-state index in [4.69, 9.17) is 5.73 Å². The number of carbonyl (C=O) groups is 1. The summed E-state index contributed by atoms with van der Waals surface area (Å²) in [5.41, 5.74) is 9.34. The number of nitrogens with one attached hydrogen (secondary N) is 2. The first-order valence-electron chi connectivity index (χ1n) is 9.78. The second-order valence-electron chi connectivity index (χ2n) is 7.33. The highest BCUT2D eigenvalue weighted by Gasteiger charge is 2.13. The number of aromatic amines is 1. The highest BCUT2D eigenvalue weighted by molar-refractivity contribution is 7.14. The number of thiophene rings is 1. The number of nitrogens with zero attached hydrogens (tertiary/aromatic N) is 5. The third kappa shape index (κ3) is 4.37. The SMILES string of the molecule is CN(C)C(=O)Cn1ccc(N)c(NCc2ccc(-c3ccsc3-c3nnn[nH]3)cc2)c1=O. The standard InChI is InChI=1S/C21H22N8O2S/c1-28(2)17(30)12-29-9-7-16(22)18(21(29)31)23-11-13-3-5-14(6-4-13)15-8-10-32-19(15)20-24-26-27-25-20/h3-10,23H,11-12,22H2,1-2H3,(H,24,25,26,27). The number of hydrogen-bond donors (Lipinski definition) is 3. The van der Waals surface area contributed by atoms with Crippen molar-refractivity contribution in [2.75, 3.05) is 25.1 Å². The minimum atomic E-state index is -0.333. The van der Waals surface area contributed by atoms with E-state index >= 15 is 0 Å². The molecule has 4 rings (SSSR count). The summed E-state index contributed by atoms with van der Waals surface area (Å²) in [4.78, 5) is 27.1. The summed E-state index contributed by atoms with van der Waals surface area (Å²) in [6.07, 6.45) is 1.53. The second-order valence-corrected chi connectivity index (χ2v) is 8.25. The predicted octanol–water partition coefficient (Wildman–Crippen LogP) is 2.04. The van der Waals surface area contributed by atoms with E-state index in [0.717, 1.165) is 21.6 Å². The van der Waals surface area contributed by atoms with Gasteiger partial charge in [-0.15, -0.1) is 16.4 Å². The van der Waals surface area contributed by atoms with Crippen LogP contribution in [0.2, 0.25) is 0 Å². The number of nitrogen functional groups attached to an aromatic ring is 1. The molecule has 0 saturated heterocycles. The third-order valence-electron chi connectivity index (χ3n) is 4.96. The number of hydrogen-bond acceptors (Lipinski definition) is 8. The lowest BCUT2D eigenvalue weighted by Gasteiger charge is -2.14. The number of nitrogens with two attached hydrogens (primary N) is 1. The Morgan fingerprint density at radius 1 is 1.22 bits per heavy atom. The number of H-pyrrole nitrogens is 1. The molecule has 0 atom stereocenters. The van der Waals surface area contributed by atoms with E-state index in [-0.39, 0.29) is 23.7 Å². The van der Waals surface area contributed by atoms with Gasteiger partial charge in [-0.1, -0.05) is 24.3 Å². The molecule has 11 heteroatoms. The van der Waals surface area contributed by atoms with Crippen molar-refractivity contribution >= 4 is 28.6 Å². The zero-order valence-corrected chi connectivity index (χ0v) is 18.4. The van der Waals surface area contributed by atoms with Crippen LogP contribution in [-0.4, -0.2) is 50.1 Å². The average molecular weight is 451 g/mol. The van der Waals surface area contributed by atoms with Crippen LogP contribution in [-0.2, 0) is 17.9 Å². The molecule has 32 heavy (non-hydrogen) atoms. The molecule has 164 valence electrons. The second kappa shape index (κ2) is 9.02. The zero-order valence-electron chi connectivity index (χ0n) is 17.6. The van der Waals surface area contributed by atoms with Crippen LogP contribution < -0.4 is 16.6 Å². The van der Waals surface area contributed by atoms with Gasteiger partial charge in [0.05, 0.1) is 10.6 Å². The van der Waals surface area contributed by atoms with Crippen LogP contribution in [0.15, 0.2) is 52.8 Å². The Morgan fingerprint density at radius 3 is 2.69 bits per heavy atom. The van der Waals surface area contributed by atoms with Gasteiger partial charge in [0.25, 0.3) is 5.56 Å². The van der Waals surface area contributed by atoms with Crippen molar-refractivity contribution in [1.82, 2.24) is 30.1 Å². The van der Waals surface area contributed by atoms with Crippen molar-refractivity contribution in [3.05, 3.63) is 63.9 Å². The van der Waals surface area contributed by atoms with E-state index < -0.39 is 0 Å². The number of amides is 1. The number of anilines is 2. The number of rotatable bonds is 7. The van der Waals surface area contributed by atoms with Crippen molar-refractivity contribution in [3.63, 3.8) is 0 Å². The number of benzene rings is 1. The molecule has 0 bridgehead atoms. The maximum atomic E-state index is 12.8. The number of likely N-dealkylation sites (N-methyl/N-ethyl adjacent to an activating group) is 1. The minimum absolute atomic E-state index is 0.0425. The summed E-state index contributed by atoms with van der Waals surface area (Å²) in [7, 11) is 3.30. The van der Waals surface area contributed by atoms with Crippen LogP contribution in [0.3, 0.4) is 0 Å².